The summed E-state index contributed by atoms with van der Waals surface area (Å²) in [5.74, 6) is 0.802. The largest absolute Gasteiger partial charge is 0.497 e. The SMILES string of the molecule is COc1ccc(-c2ccn(-c3ccc4c5c(n(C)c4c3)CNCC5)c(=O)c2)cc1. The summed E-state index contributed by atoms with van der Waals surface area (Å²) in [6.45, 7) is 1.91. The minimum absolute atomic E-state index is 0.0432. The molecule has 1 aliphatic heterocycles. The maximum absolute atomic E-state index is 12.9. The molecule has 3 heterocycles. The van der Waals surface area contributed by atoms with E-state index in [0.717, 1.165) is 42.1 Å². The van der Waals surface area contributed by atoms with Crippen LogP contribution in [0.15, 0.2) is 65.6 Å². The summed E-state index contributed by atoms with van der Waals surface area (Å²) >= 11 is 0. The van der Waals surface area contributed by atoms with Crippen LogP contribution in [0.4, 0.5) is 0 Å². The van der Waals surface area contributed by atoms with Gasteiger partial charge in [-0.2, -0.15) is 0 Å². The van der Waals surface area contributed by atoms with Gasteiger partial charge in [0.1, 0.15) is 5.75 Å². The Hall–Kier alpha value is -3.31. The van der Waals surface area contributed by atoms with Crippen molar-refractivity contribution < 1.29 is 4.74 Å². The molecule has 0 unspecified atom stereocenters. The highest BCUT2D eigenvalue weighted by molar-refractivity contribution is 5.87. The van der Waals surface area contributed by atoms with Gasteiger partial charge in [0.05, 0.1) is 18.3 Å². The molecular formula is C24H23N3O2. The summed E-state index contributed by atoms with van der Waals surface area (Å²) in [7, 11) is 3.75. The second kappa shape index (κ2) is 6.94. The zero-order valence-corrected chi connectivity index (χ0v) is 16.6. The van der Waals surface area contributed by atoms with Gasteiger partial charge in [-0.15, -0.1) is 0 Å². The van der Waals surface area contributed by atoms with E-state index >= 15 is 0 Å². The van der Waals surface area contributed by atoms with Crippen LogP contribution in [0.25, 0.3) is 27.7 Å². The van der Waals surface area contributed by atoms with Gasteiger partial charge in [0, 0.05) is 36.9 Å². The maximum atomic E-state index is 12.9. The molecule has 29 heavy (non-hydrogen) atoms. The number of nitrogens with zero attached hydrogens (tertiary/aromatic N) is 2. The molecule has 0 bridgehead atoms. The first-order chi connectivity index (χ1) is 14.2. The van der Waals surface area contributed by atoms with Crippen molar-refractivity contribution in [2.75, 3.05) is 13.7 Å². The molecule has 0 amide bonds. The molecule has 0 fully saturated rings. The quantitative estimate of drug-likeness (QED) is 0.586. The predicted octanol–water partition coefficient (Wildman–Crippen LogP) is 3.65. The number of pyridine rings is 1. The van der Waals surface area contributed by atoms with Gasteiger partial charge < -0.3 is 14.6 Å². The zero-order chi connectivity index (χ0) is 20.0. The van der Waals surface area contributed by atoms with Crippen LogP contribution in [0.3, 0.4) is 0 Å². The van der Waals surface area contributed by atoms with Crippen molar-refractivity contribution in [3.05, 3.63) is 82.4 Å². The maximum Gasteiger partial charge on any atom is 0.255 e. The van der Waals surface area contributed by atoms with Crippen LogP contribution in [-0.2, 0) is 20.0 Å². The van der Waals surface area contributed by atoms with Crippen molar-refractivity contribution in [2.24, 2.45) is 7.05 Å². The highest BCUT2D eigenvalue weighted by Crippen LogP contribution is 2.29. The average Bonchev–Trinajstić information content (AvgIpc) is 3.06. The molecule has 5 nitrogen and oxygen atoms in total. The smallest absolute Gasteiger partial charge is 0.255 e. The first-order valence-corrected chi connectivity index (χ1v) is 9.84. The van der Waals surface area contributed by atoms with Crippen LogP contribution < -0.4 is 15.6 Å². The predicted molar refractivity (Wildman–Crippen MR) is 116 cm³/mol. The van der Waals surface area contributed by atoms with Crippen LogP contribution in [0.2, 0.25) is 0 Å². The number of nitrogens with one attached hydrogen (secondary N) is 1. The fraction of sp³-hybridized carbons (Fsp3) is 0.208. The van der Waals surface area contributed by atoms with Gasteiger partial charge in [0.2, 0.25) is 0 Å². The molecule has 0 aliphatic carbocycles. The van der Waals surface area contributed by atoms with Crippen molar-refractivity contribution in [3.63, 3.8) is 0 Å². The van der Waals surface area contributed by atoms with Crippen LogP contribution in [-0.4, -0.2) is 22.8 Å². The second-order valence-electron chi connectivity index (χ2n) is 7.46. The van der Waals surface area contributed by atoms with E-state index in [1.165, 1.54) is 22.2 Å². The number of benzene rings is 2. The normalized spacial score (nSPS) is 13.4. The Labute approximate surface area is 169 Å². The Kier molecular flexibility index (Phi) is 4.25. The number of ether oxygens (including phenoxy) is 1. The van der Waals surface area contributed by atoms with Gasteiger partial charge in [-0.25, -0.2) is 0 Å². The minimum atomic E-state index is -0.0432. The Morgan fingerprint density at radius 3 is 2.59 bits per heavy atom. The van der Waals surface area contributed by atoms with Crippen LogP contribution in [0.1, 0.15) is 11.3 Å². The molecule has 0 saturated carbocycles. The molecule has 1 aliphatic rings. The molecule has 2 aromatic heterocycles. The topological polar surface area (TPSA) is 48.2 Å². The summed E-state index contributed by atoms with van der Waals surface area (Å²) in [5.41, 5.74) is 6.67. The van der Waals surface area contributed by atoms with Crippen LogP contribution in [0, 0.1) is 0 Å². The highest BCUT2D eigenvalue weighted by atomic mass is 16.5. The second-order valence-corrected chi connectivity index (χ2v) is 7.46. The van der Waals surface area contributed by atoms with E-state index in [2.05, 4.69) is 29.1 Å². The molecule has 5 heteroatoms. The van der Waals surface area contributed by atoms with Crippen molar-refractivity contribution >= 4 is 10.9 Å². The third kappa shape index (κ3) is 2.95. The van der Waals surface area contributed by atoms with Crippen molar-refractivity contribution in [2.45, 2.75) is 13.0 Å². The summed E-state index contributed by atoms with van der Waals surface area (Å²) < 4.78 is 9.16. The fourth-order valence-electron chi connectivity index (χ4n) is 4.29. The van der Waals surface area contributed by atoms with Crippen LogP contribution in [0.5, 0.6) is 5.75 Å². The number of aromatic nitrogens is 2. The number of methoxy groups -OCH3 is 1. The number of fused-ring (bicyclic) bond motifs is 3. The molecule has 0 radical (unpaired) electrons. The van der Waals surface area contributed by atoms with E-state index in [1.807, 2.05) is 42.6 Å². The van der Waals surface area contributed by atoms with E-state index < -0.39 is 0 Å². The van der Waals surface area contributed by atoms with E-state index in [9.17, 15) is 4.79 Å². The van der Waals surface area contributed by atoms with Gasteiger partial charge in [-0.1, -0.05) is 18.2 Å². The summed E-state index contributed by atoms with van der Waals surface area (Å²) in [6.07, 6.45) is 2.90. The molecule has 4 aromatic rings. The Balaban J connectivity index is 1.56. The first-order valence-electron chi connectivity index (χ1n) is 9.84. The van der Waals surface area contributed by atoms with Gasteiger partial charge in [-0.05, 0) is 60.0 Å². The lowest BCUT2D eigenvalue weighted by molar-refractivity contribution is 0.415. The zero-order valence-electron chi connectivity index (χ0n) is 16.6. The third-order valence-corrected chi connectivity index (χ3v) is 5.89. The standard InChI is InChI=1S/C24H23N3O2/c1-26-22-14-18(5-8-20(22)21-9-11-25-15-23(21)26)27-12-10-17(13-24(27)28)16-3-6-19(29-2)7-4-16/h3-8,10,12-14,25H,9,11,15H2,1-2H3. The lowest BCUT2D eigenvalue weighted by Gasteiger charge is -2.14. The van der Waals surface area contributed by atoms with Crippen molar-refractivity contribution in [3.8, 4) is 22.6 Å². The molecule has 1 N–H and O–H groups in total. The lowest BCUT2D eigenvalue weighted by Crippen LogP contribution is -2.24. The summed E-state index contributed by atoms with van der Waals surface area (Å²) in [4.78, 5) is 12.9. The highest BCUT2D eigenvalue weighted by Gasteiger charge is 2.18. The number of rotatable bonds is 3. The number of aryl methyl sites for hydroxylation is 1. The van der Waals surface area contributed by atoms with Crippen molar-refractivity contribution in [1.29, 1.82) is 0 Å². The summed E-state index contributed by atoms with van der Waals surface area (Å²) in [5, 5.41) is 4.73. The molecular weight excluding hydrogens is 362 g/mol. The molecule has 146 valence electrons. The Morgan fingerprint density at radius 2 is 1.83 bits per heavy atom. The molecule has 2 aromatic carbocycles. The Morgan fingerprint density at radius 1 is 1.00 bits per heavy atom. The third-order valence-electron chi connectivity index (χ3n) is 5.89. The fourth-order valence-corrected chi connectivity index (χ4v) is 4.29. The number of hydrogen-bond acceptors (Lipinski definition) is 3. The summed E-state index contributed by atoms with van der Waals surface area (Å²) in [6, 6.07) is 17.7. The molecule has 0 saturated heterocycles. The van der Waals surface area contributed by atoms with Crippen molar-refractivity contribution in [1.82, 2.24) is 14.5 Å². The monoisotopic (exact) mass is 385 g/mol. The number of hydrogen-bond donors (Lipinski definition) is 1. The lowest BCUT2D eigenvalue weighted by atomic mass is 10.0. The molecule has 0 atom stereocenters. The molecule has 5 rings (SSSR count). The van der Waals surface area contributed by atoms with Gasteiger partial charge >= 0.3 is 0 Å². The van der Waals surface area contributed by atoms with Crippen LogP contribution >= 0.6 is 0 Å². The Bertz CT molecular complexity index is 1270. The van der Waals surface area contributed by atoms with Gasteiger partial charge in [0.15, 0.2) is 0 Å². The average molecular weight is 385 g/mol. The van der Waals surface area contributed by atoms with E-state index in [1.54, 1.807) is 17.7 Å². The van der Waals surface area contributed by atoms with E-state index in [-0.39, 0.29) is 5.56 Å². The van der Waals surface area contributed by atoms with Gasteiger partial charge in [-0.3, -0.25) is 9.36 Å². The first kappa shape index (κ1) is 17.8. The molecule has 0 spiro atoms. The van der Waals surface area contributed by atoms with E-state index in [4.69, 9.17) is 4.74 Å². The van der Waals surface area contributed by atoms with E-state index in [0.29, 0.717) is 0 Å². The van der Waals surface area contributed by atoms with Gasteiger partial charge in [0.25, 0.3) is 5.56 Å². The minimum Gasteiger partial charge on any atom is -0.497 e.